The molecule has 2 fully saturated rings. The molecule has 2 unspecified atom stereocenters. The smallest absolute Gasteiger partial charge is 0.0685 e. The van der Waals surface area contributed by atoms with Gasteiger partial charge in [0, 0.05) is 12.6 Å². The minimum atomic E-state index is 0.219. The highest BCUT2D eigenvalue weighted by atomic mass is 16.5. The Bertz CT molecular complexity index is 385. The number of rotatable bonds is 3. The molecule has 0 bridgehead atoms. The maximum absolute atomic E-state index is 6.42. The number of ether oxygens (including phenoxy) is 1. The summed E-state index contributed by atoms with van der Waals surface area (Å²) in [5.74, 6) is 0.638. The summed E-state index contributed by atoms with van der Waals surface area (Å²) in [6, 6.07) is 10.9. The summed E-state index contributed by atoms with van der Waals surface area (Å²) in [6.07, 6.45) is 7.15. The van der Waals surface area contributed by atoms with Gasteiger partial charge in [-0.3, -0.25) is 0 Å². The van der Waals surface area contributed by atoms with Crippen LogP contribution in [0.1, 0.15) is 37.7 Å². The third kappa shape index (κ3) is 2.45. The first-order chi connectivity index (χ1) is 8.77. The zero-order valence-electron chi connectivity index (χ0n) is 11.0. The van der Waals surface area contributed by atoms with Gasteiger partial charge in [0.25, 0.3) is 0 Å². The van der Waals surface area contributed by atoms with Crippen LogP contribution in [-0.2, 0) is 11.2 Å². The summed E-state index contributed by atoms with van der Waals surface area (Å²) in [5.41, 5.74) is 8.00. The minimum Gasteiger partial charge on any atom is -0.375 e. The molecule has 0 amide bonds. The Morgan fingerprint density at radius 1 is 1.28 bits per heavy atom. The summed E-state index contributed by atoms with van der Waals surface area (Å²) in [4.78, 5) is 0. The summed E-state index contributed by atoms with van der Waals surface area (Å²) in [7, 11) is 0. The molecule has 1 saturated heterocycles. The van der Waals surface area contributed by atoms with Crippen molar-refractivity contribution in [1.82, 2.24) is 0 Å². The van der Waals surface area contributed by atoms with Crippen LogP contribution in [-0.4, -0.2) is 18.2 Å². The summed E-state index contributed by atoms with van der Waals surface area (Å²) >= 11 is 0. The Balaban J connectivity index is 1.60. The van der Waals surface area contributed by atoms with E-state index < -0.39 is 0 Å². The van der Waals surface area contributed by atoms with Gasteiger partial charge in [-0.15, -0.1) is 0 Å². The van der Waals surface area contributed by atoms with E-state index in [0.717, 1.165) is 19.4 Å². The van der Waals surface area contributed by atoms with E-state index in [1.54, 1.807) is 0 Å². The molecular weight excluding hydrogens is 222 g/mol. The Morgan fingerprint density at radius 3 is 2.72 bits per heavy atom. The maximum atomic E-state index is 6.42. The lowest BCUT2D eigenvalue weighted by Crippen LogP contribution is -2.49. The Morgan fingerprint density at radius 2 is 2.06 bits per heavy atom. The topological polar surface area (TPSA) is 35.2 Å². The van der Waals surface area contributed by atoms with Crippen LogP contribution in [0.3, 0.4) is 0 Å². The molecule has 98 valence electrons. The lowest BCUT2D eigenvalue weighted by atomic mass is 9.70. The molecule has 0 radical (unpaired) electrons. The summed E-state index contributed by atoms with van der Waals surface area (Å²) in [6.45, 7) is 0.910. The Kier molecular flexibility index (Phi) is 3.40. The van der Waals surface area contributed by atoms with Gasteiger partial charge >= 0.3 is 0 Å². The first kappa shape index (κ1) is 12.2. The summed E-state index contributed by atoms with van der Waals surface area (Å²) in [5, 5.41) is 0. The molecule has 1 aromatic carbocycles. The SMILES string of the molecule is NC(Cc1ccccc1)C1CCOC2(CCC2)C1. The number of hydrogen-bond donors (Lipinski definition) is 1. The Labute approximate surface area is 110 Å². The third-order valence-corrected chi connectivity index (χ3v) is 4.72. The highest BCUT2D eigenvalue weighted by Crippen LogP contribution is 2.44. The van der Waals surface area contributed by atoms with E-state index in [0.29, 0.717) is 5.92 Å². The third-order valence-electron chi connectivity index (χ3n) is 4.72. The van der Waals surface area contributed by atoms with Crippen molar-refractivity contribution in [3.8, 4) is 0 Å². The molecule has 2 heteroatoms. The standard InChI is InChI=1S/C16H23NO/c17-15(11-13-5-2-1-3-6-13)14-7-10-18-16(12-14)8-4-9-16/h1-3,5-6,14-15H,4,7-12,17H2. The van der Waals surface area contributed by atoms with Crippen molar-refractivity contribution in [2.24, 2.45) is 11.7 Å². The molecule has 2 atom stereocenters. The van der Waals surface area contributed by atoms with Gasteiger partial charge in [-0.2, -0.15) is 0 Å². The van der Waals surface area contributed by atoms with E-state index in [-0.39, 0.29) is 11.6 Å². The van der Waals surface area contributed by atoms with E-state index >= 15 is 0 Å². The molecule has 1 spiro atoms. The van der Waals surface area contributed by atoms with Crippen LogP contribution >= 0.6 is 0 Å². The van der Waals surface area contributed by atoms with Crippen LogP contribution in [0.2, 0.25) is 0 Å². The Hall–Kier alpha value is -0.860. The quantitative estimate of drug-likeness (QED) is 0.888. The van der Waals surface area contributed by atoms with Crippen molar-refractivity contribution in [3.63, 3.8) is 0 Å². The van der Waals surface area contributed by atoms with Crippen LogP contribution in [0.4, 0.5) is 0 Å². The molecule has 1 saturated carbocycles. The van der Waals surface area contributed by atoms with E-state index in [1.807, 2.05) is 0 Å². The van der Waals surface area contributed by atoms with Gasteiger partial charge < -0.3 is 10.5 Å². The molecule has 18 heavy (non-hydrogen) atoms. The van der Waals surface area contributed by atoms with E-state index in [2.05, 4.69) is 30.3 Å². The molecule has 1 heterocycles. The van der Waals surface area contributed by atoms with Gasteiger partial charge in [0.2, 0.25) is 0 Å². The van der Waals surface area contributed by atoms with Crippen LogP contribution in [0.25, 0.3) is 0 Å². The first-order valence-electron chi connectivity index (χ1n) is 7.21. The van der Waals surface area contributed by atoms with Crippen molar-refractivity contribution < 1.29 is 4.74 Å². The van der Waals surface area contributed by atoms with Crippen LogP contribution in [0, 0.1) is 5.92 Å². The lowest BCUT2D eigenvalue weighted by molar-refractivity contribution is -0.145. The number of hydrogen-bond acceptors (Lipinski definition) is 2. The second-order valence-electron chi connectivity index (χ2n) is 5.99. The average molecular weight is 245 g/mol. The van der Waals surface area contributed by atoms with E-state index in [1.165, 1.54) is 31.2 Å². The molecule has 1 aliphatic heterocycles. The van der Waals surface area contributed by atoms with Gasteiger partial charge in [0.1, 0.15) is 0 Å². The van der Waals surface area contributed by atoms with Crippen molar-refractivity contribution >= 4 is 0 Å². The zero-order chi connectivity index (χ0) is 12.4. The number of nitrogens with two attached hydrogens (primary N) is 1. The van der Waals surface area contributed by atoms with Crippen molar-refractivity contribution in [1.29, 1.82) is 0 Å². The molecule has 2 N–H and O–H groups in total. The van der Waals surface area contributed by atoms with Crippen LogP contribution in [0.5, 0.6) is 0 Å². The number of benzene rings is 1. The van der Waals surface area contributed by atoms with Gasteiger partial charge in [-0.05, 0) is 50.0 Å². The normalized spacial score (nSPS) is 27.7. The fourth-order valence-electron chi connectivity index (χ4n) is 3.40. The predicted molar refractivity (Wildman–Crippen MR) is 73.4 cm³/mol. The van der Waals surface area contributed by atoms with E-state index in [9.17, 15) is 0 Å². The summed E-state index contributed by atoms with van der Waals surface area (Å²) < 4.78 is 5.98. The van der Waals surface area contributed by atoms with E-state index in [4.69, 9.17) is 10.5 Å². The van der Waals surface area contributed by atoms with Gasteiger partial charge in [-0.1, -0.05) is 30.3 Å². The van der Waals surface area contributed by atoms with Crippen LogP contribution in [0.15, 0.2) is 30.3 Å². The molecule has 2 nitrogen and oxygen atoms in total. The molecular formula is C16H23NO. The fourth-order valence-corrected chi connectivity index (χ4v) is 3.40. The monoisotopic (exact) mass is 245 g/mol. The molecule has 0 aromatic heterocycles. The minimum absolute atomic E-state index is 0.219. The van der Waals surface area contributed by atoms with Gasteiger partial charge in [0.05, 0.1) is 5.60 Å². The van der Waals surface area contributed by atoms with Crippen LogP contribution < -0.4 is 5.73 Å². The molecule has 1 aromatic rings. The largest absolute Gasteiger partial charge is 0.375 e. The van der Waals surface area contributed by atoms with Crippen molar-refractivity contribution in [2.45, 2.75) is 50.2 Å². The molecule has 3 rings (SSSR count). The van der Waals surface area contributed by atoms with Crippen molar-refractivity contribution in [3.05, 3.63) is 35.9 Å². The average Bonchev–Trinajstić information content (AvgIpc) is 2.38. The lowest BCUT2D eigenvalue weighted by Gasteiger charge is -2.48. The predicted octanol–water partition coefficient (Wildman–Crippen LogP) is 2.91. The molecule has 1 aliphatic carbocycles. The fraction of sp³-hybridized carbons (Fsp3) is 0.625. The zero-order valence-corrected chi connectivity index (χ0v) is 11.0. The second kappa shape index (κ2) is 5.02. The highest BCUT2D eigenvalue weighted by Gasteiger charge is 2.43. The van der Waals surface area contributed by atoms with Gasteiger partial charge in [0.15, 0.2) is 0 Å². The van der Waals surface area contributed by atoms with Crippen molar-refractivity contribution in [2.75, 3.05) is 6.61 Å². The first-order valence-corrected chi connectivity index (χ1v) is 7.21. The maximum Gasteiger partial charge on any atom is 0.0685 e. The molecule has 2 aliphatic rings. The highest BCUT2D eigenvalue weighted by molar-refractivity contribution is 5.16. The second-order valence-corrected chi connectivity index (χ2v) is 5.99. The van der Waals surface area contributed by atoms with Gasteiger partial charge in [-0.25, -0.2) is 0 Å².